The average Bonchev–Trinajstić information content (AvgIpc) is 2.90. The molecule has 0 radical (unpaired) electrons. The van der Waals surface area contributed by atoms with E-state index in [0.717, 1.165) is 11.6 Å². The van der Waals surface area contributed by atoms with Crippen LogP contribution in [-0.2, 0) is 10.3 Å². The average molecular weight is 313 g/mol. The second-order valence-electron chi connectivity index (χ2n) is 6.30. The highest BCUT2D eigenvalue weighted by Crippen LogP contribution is 2.23. The number of amides is 1. The Morgan fingerprint density at radius 3 is 2.76 bits per heavy atom. The molecule has 1 amide bonds. The second-order valence-corrected chi connectivity index (χ2v) is 7.24. The number of thioether (sulfide) groups is 1. The summed E-state index contributed by atoms with van der Waals surface area (Å²) in [4.78, 5) is 16.1. The summed E-state index contributed by atoms with van der Waals surface area (Å²) in [6.45, 7) is 10.6. The first-order valence-corrected chi connectivity index (χ1v) is 8.35. The van der Waals surface area contributed by atoms with Crippen molar-refractivity contribution in [3.63, 3.8) is 0 Å². The number of imidazole rings is 1. The first-order valence-electron chi connectivity index (χ1n) is 7.37. The Bertz CT molecular complexity index is 454. The Labute approximate surface area is 131 Å². The molecular formula is C15H27N3O2S. The predicted octanol–water partition coefficient (Wildman–Crippen LogP) is 2.25. The van der Waals surface area contributed by atoms with Gasteiger partial charge in [-0.1, -0.05) is 32.0 Å². The highest BCUT2D eigenvalue weighted by atomic mass is 32.2. The zero-order valence-electron chi connectivity index (χ0n) is 13.6. The Hall–Kier alpha value is -1.01. The Balaban J connectivity index is 2.42. The molecule has 0 bridgehead atoms. The molecule has 5 nitrogen and oxygen atoms in total. The minimum Gasteiger partial charge on any atom is -0.391 e. The van der Waals surface area contributed by atoms with Gasteiger partial charge in [-0.2, -0.15) is 0 Å². The smallest absolute Gasteiger partial charge is 0.230 e. The third-order valence-electron chi connectivity index (χ3n) is 3.47. The lowest BCUT2D eigenvalue weighted by atomic mass is 10.0. The summed E-state index contributed by atoms with van der Waals surface area (Å²) < 4.78 is 2.05. The van der Waals surface area contributed by atoms with Crippen molar-refractivity contribution in [2.45, 2.75) is 57.8 Å². The van der Waals surface area contributed by atoms with Crippen molar-refractivity contribution in [3.05, 3.63) is 12.4 Å². The first-order chi connectivity index (χ1) is 9.75. The summed E-state index contributed by atoms with van der Waals surface area (Å²) in [5.41, 5.74) is -0.0535. The van der Waals surface area contributed by atoms with E-state index in [1.54, 1.807) is 6.20 Å². The van der Waals surface area contributed by atoms with Crippen LogP contribution in [0.5, 0.6) is 0 Å². The number of aliphatic hydroxyl groups excluding tert-OH is 1. The molecule has 0 saturated carbocycles. The molecule has 0 aliphatic heterocycles. The summed E-state index contributed by atoms with van der Waals surface area (Å²) in [5.74, 6) is 0.420. The first kappa shape index (κ1) is 18.0. The molecule has 0 fully saturated rings. The van der Waals surface area contributed by atoms with Crippen molar-refractivity contribution < 1.29 is 9.90 Å². The molecule has 0 spiro atoms. The maximum atomic E-state index is 11.8. The molecule has 0 saturated heterocycles. The molecule has 1 aromatic heterocycles. The highest BCUT2D eigenvalue weighted by Gasteiger charge is 2.18. The van der Waals surface area contributed by atoms with Gasteiger partial charge >= 0.3 is 0 Å². The number of rotatable bonds is 7. The van der Waals surface area contributed by atoms with Crippen LogP contribution in [0.4, 0.5) is 0 Å². The van der Waals surface area contributed by atoms with Crippen LogP contribution in [0.3, 0.4) is 0 Å². The fourth-order valence-corrected chi connectivity index (χ4v) is 2.75. The van der Waals surface area contributed by atoms with Gasteiger partial charge < -0.3 is 15.0 Å². The molecule has 2 unspecified atom stereocenters. The van der Waals surface area contributed by atoms with Crippen LogP contribution in [0.15, 0.2) is 17.6 Å². The number of nitrogens with one attached hydrogen (secondary N) is 1. The van der Waals surface area contributed by atoms with E-state index < -0.39 is 6.10 Å². The molecule has 0 aliphatic carbocycles. The normalized spacial score (nSPS) is 14.8. The largest absolute Gasteiger partial charge is 0.391 e. The van der Waals surface area contributed by atoms with E-state index >= 15 is 0 Å². The predicted molar refractivity (Wildman–Crippen MR) is 86.4 cm³/mol. The fraction of sp³-hybridized carbons (Fsp3) is 0.733. The van der Waals surface area contributed by atoms with Gasteiger partial charge in [0.1, 0.15) is 0 Å². The fourth-order valence-electron chi connectivity index (χ4n) is 1.78. The molecular weight excluding hydrogens is 286 g/mol. The lowest BCUT2D eigenvalue weighted by Gasteiger charge is -2.23. The summed E-state index contributed by atoms with van der Waals surface area (Å²) in [6, 6.07) is 0. The van der Waals surface area contributed by atoms with Crippen LogP contribution in [-0.4, -0.2) is 39.0 Å². The van der Waals surface area contributed by atoms with E-state index in [1.165, 1.54) is 11.8 Å². The van der Waals surface area contributed by atoms with E-state index in [-0.39, 0.29) is 17.4 Å². The van der Waals surface area contributed by atoms with Gasteiger partial charge in [-0.05, 0) is 26.7 Å². The summed E-state index contributed by atoms with van der Waals surface area (Å²) in [5, 5.41) is 13.4. The van der Waals surface area contributed by atoms with E-state index in [2.05, 4.69) is 35.6 Å². The van der Waals surface area contributed by atoms with Crippen molar-refractivity contribution in [2.24, 2.45) is 5.92 Å². The standard InChI is InChI=1S/C15H27N3O2S/c1-6-11(2)12(19)9-17-13(20)10-21-14-16-7-8-18(14)15(3,4)5/h7-8,11-12,19H,6,9-10H2,1-5H3,(H,17,20). The maximum absolute atomic E-state index is 11.8. The zero-order valence-corrected chi connectivity index (χ0v) is 14.4. The Morgan fingerprint density at radius 2 is 2.19 bits per heavy atom. The Morgan fingerprint density at radius 1 is 1.52 bits per heavy atom. The van der Waals surface area contributed by atoms with E-state index in [4.69, 9.17) is 0 Å². The molecule has 1 heterocycles. The van der Waals surface area contributed by atoms with E-state index in [0.29, 0.717) is 12.3 Å². The van der Waals surface area contributed by atoms with Gasteiger partial charge in [0.15, 0.2) is 5.16 Å². The van der Waals surface area contributed by atoms with E-state index in [9.17, 15) is 9.90 Å². The number of nitrogens with zero attached hydrogens (tertiary/aromatic N) is 2. The van der Waals surface area contributed by atoms with Gasteiger partial charge in [-0.3, -0.25) is 4.79 Å². The number of aliphatic hydroxyl groups is 1. The van der Waals surface area contributed by atoms with Gasteiger partial charge in [0.25, 0.3) is 0 Å². The second kappa shape index (κ2) is 7.84. The van der Waals surface area contributed by atoms with Gasteiger partial charge in [0.05, 0.1) is 11.9 Å². The van der Waals surface area contributed by atoms with Crippen molar-refractivity contribution in [1.29, 1.82) is 0 Å². The number of carbonyl (C=O) groups excluding carboxylic acids is 1. The van der Waals surface area contributed by atoms with E-state index in [1.807, 2.05) is 20.0 Å². The minimum atomic E-state index is -0.486. The van der Waals surface area contributed by atoms with Gasteiger partial charge in [0.2, 0.25) is 5.91 Å². The zero-order chi connectivity index (χ0) is 16.0. The number of aromatic nitrogens is 2. The number of hydrogen-bond acceptors (Lipinski definition) is 4. The van der Waals surface area contributed by atoms with Gasteiger partial charge in [0, 0.05) is 24.5 Å². The molecule has 2 N–H and O–H groups in total. The molecule has 1 aromatic rings. The van der Waals surface area contributed by atoms with Gasteiger partial charge in [-0.25, -0.2) is 4.98 Å². The van der Waals surface area contributed by atoms with Crippen molar-refractivity contribution >= 4 is 17.7 Å². The number of carbonyl (C=O) groups is 1. The summed E-state index contributed by atoms with van der Waals surface area (Å²) in [7, 11) is 0. The van der Waals surface area contributed by atoms with Crippen molar-refractivity contribution in [2.75, 3.05) is 12.3 Å². The lowest BCUT2D eigenvalue weighted by Crippen LogP contribution is -2.36. The molecule has 120 valence electrons. The molecule has 0 aliphatic rings. The Kier molecular flexibility index (Phi) is 6.74. The van der Waals surface area contributed by atoms with Crippen LogP contribution in [0.2, 0.25) is 0 Å². The van der Waals surface area contributed by atoms with Crippen LogP contribution < -0.4 is 5.32 Å². The third kappa shape index (κ3) is 5.71. The lowest BCUT2D eigenvalue weighted by molar-refractivity contribution is -0.119. The third-order valence-corrected chi connectivity index (χ3v) is 4.44. The molecule has 0 aromatic carbocycles. The summed E-state index contributed by atoms with van der Waals surface area (Å²) >= 11 is 1.41. The molecule has 6 heteroatoms. The summed E-state index contributed by atoms with van der Waals surface area (Å²) in [6.07, 6.45) is 4.08. The minimum absolute atomic E-state index is 0.0535. The number of hydrogen-bond donors (Lipinski definition) is 2. The maximum Gasteiger partial charge on any atom is 0.230 e. The van der Waals surface area contributed by atoms with Crippen molar-refractivity contribution in [3.8, 4) is 0 Å². The van der Waals surface area contributed by atoms with Crippen LogP contribution >= 0.6 is 11.8 Å². The SMILES string of the molecule is CCC(C)C(O)CNC(=O)CSc1nccn1C(C)(C)C. The topological polar surface area (TPSA) is 67.2 Å². The van der Waals surface area contributed by atoms with Crippen LogP contribution in [0, 0.1) is 5.92 Å². The quantitative estimate of drug-likeness (QED) is 0.758. The highest BCUT2D eigenvalue weighted by molar-refractivity contribution is 7.99. The molecule has 2 atom stereocenters. The molecule has 1 rings (SSSR count). The monoisotopic (exact) mass is 313 g/mol. The van der Waals surface area contributed by atoms with Crippen LogP contribution in [0.25, 0.3) is 0 Å². The van der Waals surface area contributed by atoms with Gasteiger partial charge in [-0.15, -0.1) is 0 Å². The molecule has 21 heavy (non-hydrogen) atoms. The van der Waals surface area contributed by atoms with Crippen LogP contribution in [0.1, 0.15) is 41.0 Å². The van der Waals surface area contributed by atoms with Crippen molar-refractivity contribution in [1.82, 2.24) is 14.9 Å².